The molecule has 3 aromatic rings. The van der Waals surface area contributed by atoms with Gasteiger partial charge in [0.05, 0.1) is 28.3 Å². The summed E-state index contributed by atoms with van der Waals surface area (Å²) in [6.07, 6.45) is 1.15. The maximum atomic E-state index is 12.4. The quantitative estimate of drug-likeness (QED) is 0.732. The van der Waals surface area contributed by atoms with E-state index < -0.39 is 11.9 Å². The summed E-state index contributed by atoms with van der Waals surface area (Å²) >= 11 is 6.16. The molecule has 0 aliphatic heterocycles. The highest BCUT2D eigenvalue weighted by Crippen LogP contribution is 2.23. The van der Waals surface area contributed by atoms with Gasteiger partial charge in [-0.15, -0.1) is 0 Å². The molecule has 0 saturated heterocycles. The van der Waals surface area contributed by atoms with Crippen molar-refractivity contribution in [2.45, 2.75) is 13.8 Å². The summed E-state index contributed by atoms with van der Waals surface area (Å²) in [6, 6.07) is 6.97. The Labute approximate surface area is 154 Å². The number of carbonyl (C=O) groups is 2. The molecule has 2 aromatic heterocycles. The van der Waals surface area contributed by atoms with E-state index in [1.165, 1.54) is 11.7 Å². The van der Waals surface area contributed by atoms with Gasteiger partial charge in [-0.3, -0.25) is 9.48 Å². The number of nitrogens with one attached hydrogen (secondary N) is 1. The summed E-state index contributed by atoms with van der Waals surface area (Å²) < 4.78 is 2.94. The van der Waals surface area contributed by atoms with Gasteiger partial charge in [0.25, 0.3) is 5.91 Å². The fourth-order valence-corrected chi connectivity index (χ4v) is 2.73. The van der Waals surface area contributed by atoms with Crippen molar-refractivity contribution >= 4 is 29.2 Å². The molecule has 2 heterocycles. The standard InChI is InChI=1S/C17H16ClN5O3/c1-9-14(18)10(2)23(21-9)12-6-4-11(5-7-12)20-16(24)15-13(17(25)26)8-19-22(15)3/h4-8H,1-3H3,(H,20,24)(H,25,26). The van der Waals surface area contributed by atoms with E-state index in [-0.39, 0.29) is 11.3 Å². The van der Waals surface area contributed by atoms with Gasteiger partial charge in [0, 0.05) is 12.7 Å². The van der Waals surface area contributed by atoms with E-state index in [1.807, 2.05) is 13.8 Å². The molecule has 0 radical (unpaired) electrons. The van der Waals surface area contributed by atoms with E-state index in [9.17, 15) is 9.59 Å². The molecule has 1 amide bonds. The Bertz CT molecular complexity index is 1000. The highest BCUT2D eigenvalue weighted by Gasteiger charge is 2.21. The smallest absolute Gasteiger partial charge is 0.339 e. The van der Waals surface area contributed by atoms with Crippen LogP contribution in [0.2, 0.25) is 5.02 Å². The number of carboxylic acids is 1. The second-order valence-electron chi connectivity index (χ2n) is 5.73. The SMILES string of the molecule is Cc1nn(-c2ccc(NC(=O)c3c(C(=O)O)cnn3C)cc2)c(C)c1Cl. The average Bonchev–Trinajstić information content (AvgIpc) is 3.11. The van der Waals surface area contributed by atoms with Gasteiger partial charge in [0.15, 0.2) is 0 Å². The minimum Gasteiger partial charge on any atom is -0.478 e. The molecule has 0 fully saturated rings. The number of hydrogen-bond donors (Lipinski definition) is 2. The topological polar surface area (TPSA) is 102 Å². The van der Waals surface area contributed by atoms with E-state index in [4.69, 9.17) is 16.7 Å². The highest BCUT2D eigenvalue weighted by molar-refractivity contribution is 6.31. The first kappa shape index (κ1) is 17.7. The van der Waals surface area contributed by atoms with Crippen LogP contribution < -0.4 is 5.32 Å². The van der Waals surface area contributed by atoms with Crippen LogP contribution >= 0.6 is 11.6 Å². The fraction of sp³-hybridized carbons (Fsp3) is 0.176. The number of aryl methyl sites for hydroxylation is 2. The van der Waals surface area contributed by atoms with E-state index in [1.54, 1.807) is 28.9 Å². The predicted molar refractivity (Wildman–Crippen MR) is 96.2 cm³/mol. The van der Waals surface area contributed by atoms with Crippen molar-refractivity contribution < 1.29 is 14.7 Å². The van der Waals surface area contributed by atoms with Crippen LogP contribution in [0, 0.1) is 13.8 Å². The third-order valence-electron chi connectivity index (χ3n) is 3.96. The van der Waals surface area contributed by atoms with Crippen LogP contribution in [0.5, 0.6) is 0 Å². The monoisotopic (exact) mass is 373 g/mol. The minimum atomic E-state index is -1.21. The zero-order chi connectivity index (χ0) is 19.0. The number of amides is 1. The van der Waals surface area contributed by atoms with Crippen molar-refractivity contribution in [3.8, 4) is 5.69 Å². The summed E-state index contributed by atoms with van der Waals surface area (Å²) in [5.41, 5.74) is 2.69. The maximum Gasteiger partial charge on any atom is 0.339 e. The van der Waals surface area contributed by atoms with Crippen molar-refractivity contribution in [1.29, 1.82) is 0 Å². The van der Waals surface area contributed by atoms with Gasteiger partial charge in [-0.25, -0.2) is 9.48 Å². The second kappa shape index (κ2) is 6.64. The molecule has 0 atom stereocenters. The molecule has 8 nitrogen and oxygen atoms in total. The number of carbonyl (C=O) groups excluding carboxylic acids is 1. The van der Waals surface area contributed by atoms with Gasteiger partial charge in [-0.05, 0) is 38.1 Å². The summed E-state index contributed by atoms with van der Waals surface area (Å²) in [5.74, 6) is -1.76. The lowest BCUT2D eigenvalue weighted by Gasteiger charge is -2.09. The van der Waals surface area contributed by atoms with Crippen molar-refractivity contribution in [2.75, 3.05) is 5.32 Å². The Balaban J connectivity index is 1.84. The number of anilines is 1. The zero-order valence-corrected chi connectivity index (χ0v) is 15.1. The lowest BCUT2D eigenvalue weighted by molar-refractivity contribution is 0.0692. The van der Waals surface area contributed by atoms with Gasteiger partial charge < -0.3 is 10.4 Å². The molecule has 0 aliphatic carbocycles. The second-order valence-corrected chi connectivity index (χ2v) is 6.11. The van der Waals surface area contributed by atoms with Crippen molar-refractivity contribution in [3.63, 3.8) is 0 Å². The van der Waals surface area contributed by atoms with Crippen molar-refractivity contribution in [2.24, 2.45) is 7.05 Å². The van der Waals surface area contributed by atoms with Gasteiger partial charge >= 0.3 is 5.97 Å². The van der Waals surface area contributed by atoms with Gasteiger partial charge in [0.2, 0.25) is 0 Å². The number of aromatic nitrogens is 4. The number of benzene rings is 1. The van der Waals surface area contributed by atoms with Crippen LogP contribution in [0.1, 0.15) is 32.2 Å². The largest absolute Gasteiger partial charge is 0.478 e. The molecule has 0 aliphatic rings. The van der Waals surface area contributed by atoms with E-state index in [2.05, 4.69) is 15.5 Å². The minimum absolute atomic E-state index is 0.0214. The molecular formula is C17H16ClN5O3. The molecule has 0 spiro atoms. The highest BCUT2D eigenvalue weighted by atomic mass is 35.5. The van der Waals surface area contributed by atoms with Crippen LogP contribution in [0.3, 0.4) is 0 Å². The Morgan fingerprint density at radius 3 is 2.38 bits per heavy atom. The molecule has 0 bridgehead atoms. The van der Waals surface area contributed by atoms with Crippen LogP contribution in [-0.2, 0) is 7.05 Å². The van der Waals surface area contributed by atoms with Crippen molar-refractivity contribution in [1.82, 2.24) is 19.6 Å². The van der Waals surface area contributed by atoms with E-state index >= 15 is 0 Å². The third-order valence-corrected chi connectivity index (χ3v) is 4.50. The van der Waals surface area contributed by atoms with E-state index in [0.29, 0.717) is 10.7 Å². The molecule has 1 aromatic carbocycles. The Morgan fingerprint density at radius 2 is 1.85 bits per heavy atom. The number of carboxylic acid groups (broad SMARTS) is 1. The number of rotatable bonds is 4. The van der Waals surface area contributed by atoms with Crippen LogP contribution in [0.4, 0.5) is 5.69 Å². The number of aromatic carboxylic acids is 1. The van der Waals surface area contributed by atoms with Gasteiger partial charge in [-0.2, -0.15) is 10.2 Å². The molecule has 3 rings (SSSR count). The number of nitrogens with zero attached hydrogens (tertiary/aromatic N) is 4. The number of halogens is 1. The van der Waals surface area contributed by atoms with Gasteiger partial charge in [0.1, 0.15) is 11.3 Å². The van der Waals surface area contributed by atoms with Crippen LogP contribution in [0.15, 0.2) is 30.5 Å². The summed E-state index contributed by atoms with van der Waals surface area (Å²) in [4.78, 5) is 23.6. The third kappa shape index (κ3) is 3.06. The molecule has 2 N–H and O–H groups in total. The molecule has 0 saturated carbocycles. The normalized spacial score (nSPS) is 10.8. The Morgan fingerprint density at radius 1 is 1.19 bits per heavy atom. The predicted octanol–water partition coefficient (Wildman–Crippen LogP) is 2.83. The molecule has 134 valence electrons. The summed E-state index contributed by atoms with van der Waals surface area (Å²) in [5, 5.41) is 20.6. The average molecular weight is 374 g/mol. The Hall–Kier alpha value is -3.13. The molecule has 26 heavy (non-hydrogen) atoms. The first-order chi connectivity index (χ1) is 12.3. The molecule has 0 unspecified atom stereocenters. The number of hydrogen-bond acceptors (Lipinski definition) is 4. The first-order valence-corrected chi connectivity index (χ1v) is 8.06. The fourth-order valence-electron chi connectivity index (χ4n) is 2.61. The van der Waals surface area contributed by atoms with Crippen LogP contribution in [-0.4, -0.2) is 36.5 Å². The zero-order valence-electron chi connectivity index (χ0n) is 14.3. The maximum absolute atomic E-state index is 12.4. The van der Waals surface area contributed by atoms with E-state index in [0.717, 1.165) is 23.3 Å². The van der Waals surface area contributed by atoms with Crippen LogP contribution in [0.25, 0.3) is 5.69 Å². The lowest BCUT2D eigenvalue weighted by atomic mass is 10.2. The summed E-state index contributed by atoms with van der Waals surface area (Å²) in [6.45, 7) is 3.70. The molecular weight excluding hydrogens is 358 g/mol. The first-order valence-electron chi connectivity index (χ1n) is 7.68. The lowest BCUT2D eigenvalue weighted by Crippen LogP contribution is -2.19. The van der Waals surface area contributed by atoms with Crippen molar-refractivity contribution in [3.05, 3.63) is 58.1 Å². The molecule has 9 heteroatoms. The van der Waals surface area contributed by atoms with Gasteiger partial charge in [-0.1, -0.05) is 11.6 Å². The Kier molecular flexibility index (Phi) is 4.52. The summed E-state index contributed by atoms with van der Waals surface area (Å²) in [7, 11) is 1.51.